The maximum absolute atomic E-state index is 14.1. The van der Waals surface area contributed by atoms with Crippen LogP contribution in [0.15, 0.2) is 0 Å². The molecule has 2 nitrogen and oxygen atoms in total. The lowest BCUT2D eigenvalue weighted by Gasteiger charge is -2.55. The lowest BCUT2D eigenvalue weighted by atomic mass is 9.49. The zero-order valence-corrected chi connectivity index (χ0v) is 24.6. The molecule has 0 unspecified atom stereocenters. The summed E-state index contributed by atoms with van der Waals surface area (Å²) in [5, 5.41) is 0. The Balaban J connectivity index is 1.66. The van der Waals surface area contributed by atoms with Gasteiger partial charge in [-0.25, -0.2) is 0 Å². The molecule has 3 fully saturated rings. The highest BCUT2D eigenvalue weighted by atomic mass is 16.5. The summed E-state index contributed by atoms with van der Waals surface area (Å²) in [5.41, 5.74) is 0.0265. The molecule has 0 spiro atoms. The zero-order chi connectivity index (χ0) is 25.5. The molecule has 0 aromatic carbocycles. The molecule has 36 heavy (non-hydrogen) atoms. The average molecular weight is 503 g/mol. The third-order valence-corrected chi connectivity index (χ3v) is 10.9. The standard InChI is InChI=1S/C34H62O2/c1-3-5-7-9-11-19-29-36-32(35)34(25-17-13-18-26-34)33(24-16-10-8-6-4-2)27-22-31(23-28-33)30-20-14-12-15-21-30/h30-31H,3-29H2,1-2H3/t31-,33+. The molecule has 3 rings (SSSR count). The molecular formula is C34H62O2. The molecule has 0 aliphatic heterocycles. The Kier molecular flexibility index (Phi) is 13.7. The SMILES string of the molecule is CCCCCCCCOC(=O)C1([C@]2(CCCCCCC)CC[C@H](C3CCCCC3)CC2)CCCCC1. The van der Waals surface area contributed by atoms with E-state index in [1.807, 2.05) is 0 Å². The minimum Gasteiger partial charge on any atom is -0.465 e. The average Bonchev–Trinajstić information content (AvgIpc) is 2.93. The Morgan fingerprint density at radius 3 is 1.78 bits per heavy atom. The molecule has 0 N–H and O–H groups in total. The molecule has 0 aromatic heterocycles. The van der Waals surface area contributed by atoms with E-state index in [4.69, 9.17) is 4.74 Å². The van der Waals surface area contributed by atoms with Gasteiger partial charge in [-0.3, -0.25) is 4.79 Å². The Hall–Kier alpha value is -0.530. The van der Waals surface area contributed by atoms with Crippen molar-refractivity contribution in [3.63, 3.8) is 0 Å². The molecule has 3 saturated carbocycles. The van der Waals surface area contributed by atoms with Crippen molar-refractivity contribution in [2.24, 2.45) is 22.7 Å². The number of hydrogen-bond donors (Lipinski definition) is 0. The van der Waals surface area contributed by atoms with Crippen molar-refractivity contribution in [1.29, 1.82) is 0 Å². The van der Waals surface area contributed by atoms with Gasteiger partial charge >= 0.3 is 5.97 Å². The van der Waals surface area contributed by atoms with Gasteiger partial charge in [-0.05, 0) is 68.6 Å². The van der Waals surface area contributed by atoms with Crippen molar-refractivity contribution in [1.82, 2.24) is 0 Å². The molecule has 2 heteroatoms. The van der Waals surface area contributed by atoms with Crippen molar-refractivity contribution >= 4 is 5.97 Å². The third kappa shape index (κ3) is 8.23. The molecule has 0 bridgehead atoms. The first-order valence-corrected chi connectivity index (χ1v) is 16.8. The van der Waals surface area contributed by atoms with Crippen LogP contribution >= 0.6 is 0 Å². The molecule has 3 aliphatic carbocycles. The second-order valence-corrected chi connectivity index (χ2v) is 13.2. The van der Waals surface area contributed by atoms with Crippen molar-refractivity contribution in [2.45, 2.75) is 181 Å². The smallest absolute Gasteiger partial charge is 0.312 e. The summed E-state index contributed by atoms with van der Waals surface area (Å²) in [4.78, 5) is 14.1. The summed E-state index contributed by atoms with van der Waals surface area (Å²) >= 11 is 0. The topological polar surface area (TPSA) is 26.3 Å². The largest absolute Gasteiger partial charge is 0.465 e. The maximum Gasteiger partial charge on any atom is 0.312 e. The number of ether oxygens (including phenoxy) is 1. The van der Waals surface area contributed by atoms with Gasteiger partial charge in [0.05, 0.1) is 12.0 Å². The summed E-state index contributed by atoms with van der Waals surface area (Å²) in [6.45, 7) is 5.24. The second-order valence-electron chi connectivity index (χ2n) is 13.2. The maximum atomic E-state index is 14.1. The highest BCUT2D eigenvalue weighted by molar-refractivity contribution is 5.78. The first-order chi connectivity index (χ1) is 17.7. The quantitative estimate of drug-likeness (QED) is 0.155. The van der Waals surface area contributed by atoms with E-state index in [0.29, 0.717) is 6.61 Å². The van der Waals surface area contributed by atoms with Gasteiger partial charge < -0.3 is 4.74 Å². The number of carbonyl (C=O) groups excluding carboxylic acids is 1. The third-order valence-electron chi connectivity index (χ3n) is 10.9. The van der Waals surface area contributed by atoms with E-state index in [2.05, 4.69) is 13.8 Å². The van der Waals surface area contributed by atoms with Gasteiger partial charge in [-0.2, -0.15) is 0 Å². The van der Waals surface area contributed by atoms with Crippen molar-refractivity contribution in [3.05, 3.63) is 0 Å². The first kappa shape index (κ1) is 30.0. The number of unbranched alkanes of at least 4 members (excludes halogenated alkanes) is 9. The summed E-state index contributed by atoms with van der Waals surface area (Å²) in [5.74, 6) is 2.13. The first-order valence-electron chi connectivity index (χ1n) is 16.8. The highest BCUT2D eigenvalue weighted by Crippen LogP contribution is 2.61. The predicted octanol–water partition coefficient (Wildman–Crippen LogP) is 11.0. The number of carbonyl (C=O) groups is 1. The molecule has 0 atom stereocenters. The Morgan fingerprint density at radius 1 is 0.611 bits per heavy atom. The van der Waals surface area contributed by atoms with Gasteiger partial charge in [0.25, 0.3) is 0 Å². The van der Waals surface area contributed by atoms with Gasteiger partial charge in [0, 0.05) is 0 Å². The summed E-state index contributed by atoms with van der Waals surface area (Å²) in [6, 6.07) is 0. The number of rotatable bonds is 16. The predicted molar refractivity (Wildman–Crippen MR) is 154 cm³/mol. The Bertz CT molecular complexity index is 576. The molecule has 210 valence electrons. The molecule has 0 radical (unpaired) electrons. The van der Waals surface area contributed by atoms with Crippen LogP contribution in [0.25, 0.3) is 0 Å². The second kappa shape index (κ2) is 16.4. The molecule has 0 heterocycles. The summed E-state index contributed by atoms with van der Waals surface area (Å²) < 4.78 is 6.22. The minimum atomic E-state index is -0.185. The van der Waals surface area contributed by atoms with E-state index in [0.717, 1.165) is 31.1 Å². The van der Waals surface area contributed by atoms with Gasteiger partial charge in [0.2, 0.25) is 0 Å². The fourth-order valence-corrected chi connectivity index (χ4v) is 8.60. The van der Waals surface area contributed by atoms with E-state index in [1.54, 1.807) is 0 Å². The van der Waals surface area contributed by atoms with Crippen LogP contribution in [0.2, 0.25) is 0 Å². The van der Waals surface area contributed by atoms with Crippen LogP contribution in [-0.4, -0.2) is 12.6 Å². The molecule has 0 amide bonds. The van der Waals surface area contributed by atoms with E-state index >= 15 is 0 Å². The van der Waals surface area contributed by atoms with E-state index < -0.39 is 0 Å². The van der Waals surface area contributed by atoms with E-state index in [-0.39, 0.29) is 16.8 Å². The fourth-order valence-electron chi connectivity index (χ4n) is 8.60. The van der Waals surface area contributed by atoms with Crippen molar-refractivity contribution in [3.8, 4) is 0 Å². The van der Waals surface area contributed by atoms with Crippen LogP contribution in [0.3, 0.4) is 0 Å². The number of esters is 1. The van der Waals surface area contributed by atoms with E-state index in [1.165, 1.54) is 148 Å². The molecule has 3 aliphatic rings. The van der Waals surface area contributed by atoms with Gasteiger partial charge in [0.1, 0.15) is 0 Å². The highest BCUT2D eigenvalue weighted by Gasteiger charge is 2.57. The monoisotopic (exact) mass is 502 g/mol. The summed E-state index contributed by atoms with van der Waals surface area (Å²) in [7, 11) is 0. The fraction of sp³-hybridized carbons (Fsp3) is 0.971. The zero-order valence-electron chi connectivity index (χ0n) is 24.6. The summed E-state index contributed by atoms with van der Waals surface area (Å²) in [6.07, 6.45) is 34.2. The molecule has 0 saturated heterocycles. The Morgan fingerprint density at radius 2 is 1.14 bits per heavy atom. The van der Waals surface area contributed by atoms with Gasteiger partial charge in [-0.1, -0.05) is 129 Å². The lowest BCUT2D eigenvalue weighted by Crippen LogP contribution is -2.52. The van der Waals surface area contributed by atoms with Crippen LogP contribution in [0.1, 0.15) is 181 Å². The van der Waals surface area contributed by atoms with Crippen LogP contribution in [0, 0.1) is 22.7 Å². The van der Waals surface area contributed by atoms with Crippen molar-refractivity contribution in [2.75, 3.05) is 6.61 Å². The normalized spacial score (nSPS) is 27.1. The van der Waals surface area contributed by atoms with Crippen LogP contribution < -0.4 is 0 Å². The molecular weight excluding hydrogens is 440 g/mol. The van der Waals surface area contributed by atoms with Gasteiger partial charge in [0.15, 0.2) is 0 Å². The van der Waals surface area contributed by atoms with Crippen LogP contribution in [0.4, 0.5) is 0 Å². The van der Waals surface area contributed by atoms with Gasteiger partial charge in [-0.15, -0.1) is 0 Å². The molecule has 0 aromatic rings. The van der Waals surface area contributed by atoms with Crippen molar-refractivity contribution < 1.29 is 9.53 Å². The lowest BCUT2D eigenvalue weighted by molar-refractivity contribution is -0.175. The minimum absolute atomic E-state index is 0.185. The van der Waals surface area contributed by atoms with E-state index in [9.17, 15) is 4.79 Å². The Labute approximate surface area is 225 Å². The van der Waals surface area contributed by atoms with Crippen LogP contribution in [0.5, 0.6) is 0 Å². The number of hydrogen-bond acceptors (Lipinski definition) is 2. The van der Waals surface area contributed by atoms with Crippen LogP contribution in [-0.2, 0) is 9.53 Å².